The minimum atomic E-state index is 0.708. The van der Waals surface area contributed by atoms with E-state index < -0.39 is 0 Å². The molecule has 3 heterocycles. The molecular weight excluding hydrogens is 344 g/mol. The Morgan fingerprint density at radius 3 is 2.75 bits per heavy atom. The van der Waals surface area contributed by atoms with Gasteiger partial charge in [0.25, 0.3) is 0 Å². The highest BCUT2D eigenvalue weighted by Crippen LogP contribution is 2.25. The van der Waals surface area contributed by atoms with Gasteiger partial charge in [-0.25, -0.2) is 0 Å². The second-order valence-electron chi connectivity index (χ2n) is 4.71. The van der Waals surface area contributed by atoms with Crippen molar-refractivity contribution in [2.75, 3.05) is 31.1 Å². The normalized spacial score (nSPS) is 16.6. The molecule has 0 aromatic carbocycles. The lowest BCUT2D eigenvalue weighted by molar-refractivity contribution is 0.219. The predicted octanol–water partition coefficient (Wildman–Crippen LogP) is 2.81. The summed E-state index contributed by atoms with van der Waals surface area (Å²) in [5, 5.41) is 4.54. The molecule has 0 radical (unpaired) electrons. The average molecular weight is 358 g/mol. The molecule has 0 amide bonds. The molecular formula is C13H14BrClN4O. The Bertz CT molecular complexity index is 583. The topological polar surface area (TPSA) is 45.4 Å². The third-order valence-electron chi connectivity index (χ3n) is 3.37. The molecule has 7 heteroatoms. The Labute approximate surface area is 130 Å². The van der Waals surface area contributed by atoms with Crippen molar-refractivity contribution in [2.24, 2.45) is 0 Å². The second-order valence-corrected chi connectivity index (χ2v) is 5.93. The molecule has 1 fully saturated rings. The zero-order chi connectivity index (χ0) is 13.9. The third-order valence-corrected chi connectivity index (χ3v) is 4.04. The molecule has 1 aliphatic rings. The van der Waals surface area contributed by atoms with Crippen molar-refractivity contribution >= 4 is 33.2 Å². The summed E-state index contributed by atoms with van der Waals surface area (Å²) in [4.78, 5) is 8.65. The van der Waals surface area contributed by atoms with Gasteiger partial charge in [-0.05, 0) is 22.0 Å². The van der Waals surface area contributed by atoms with Crippen LogP contribution in [0.1, 0.15) is 5.76 Å². The monoisotopic (exact) mass is 356 g/mol. The van der Waals surface area contributed by atoms with Crippen molar-refractivity contribution in [3.8, 4) is 0 Å². The lowest BCUT2D eigenvalue weighted by Gasteiger charge is -2.35. The molecule has 1 aliphatic heterocycles. The van der Waals surface area contributed by atoms with Gasteiger partial charge in [-0.1, -0.05) is 16.8 Å². The highest BCUT2D eigenvalue weighted by Gasteiger charge is 2.20. The van der Waals surface area contributed by atoms with Crippen LogP contribution in [-0.2, 0) is 6.54 Å². The molecule has 0 unspecified atom stereocenters. The molecule has 2 aromatic rings. The summed E-state index contributed by atoms with van der Waals surface area (Å²) in [5.74, 6) is 0.882. The molecule has 2 aromatic heterocycles. The van der Waals surface area contributed by atoms with E-state index >= 15 is 0 Å². The van der Waals surface area contributed by atoms with Crippen molar-refractivity contribution in [3.63, 3.8) is 0 Å². The number of pyridine rings is 1. The van der Waals surface area contributed by atoms with E-state index in [1.807, 2.05) is 12.1 Å². The van der Waals surface area contributed by atoms with Crippen LogP contribution in [0, 0.1) is 0 Å². The van der Waals surface area contributed by atoms with Gasteiger partial charge >= 0.3 is 0 Å². The quantitative estimate of drug-likeness (QED) is 0.845. The number of piperazine rings is 1. The second kappa shape index (κ2) is 6.11. The number of aromatic nitrogens is 2. The molecule has 0 saturated carbocycles. The summed E-state index contributed by atoms with van der Waals surface area (Å²) in [5.41, 5.74) is 1.06. The first-order valence-corrected chi connectivity index (χ1v) is 7.57. The van der Waals surface area contributed by atoms with Gasteiger partial charge in [0.1, 0.15) is 4.60 Å². The van der Waals surface area contributed by atoms with E-state index in [0.717, 1.165) is 48.8 Å². The average Bonchev–Trinajstić information content (AvgIpc) is 2.86. The number of nitrogens with zero attached hydrogens (tertiary/aromatic N) is 4. The van der Waals surface area contributed by atoms with E-state index in [-0.39, 0.29) is 0 Å². The maximum Gasteiger partial charge on any atom is 0.151 e. The number of hydrogen-bond donors (Lipinski definition) is 0. The molecule has 0 bridgehead atoms. The summed E-state index contributed by atoms with van der Waals surface area (Å²) >= 11 is 9.47. The summed E-state index contributed by atoms with van der Waals surface area (Å²) < 4.78 is 5.96. The summed E-state index contributed by atoms with van der Waals surface area (Å²) in [7, 11) is 0. The first kappa shape index (κ1) is 13.9. The Morgan fingerprint density at radius 1 is 1.30 bits per heavy atom. The van der Waals surface area contributed by atoms with E-state index in [2.05, 4.69) is 35.9 Å². The zero-order valence-corrected chi connectivity index (χ0v) is 13.1. The van der Waals surface area contributed by atoms with Gasteiger partial charge in [-0.15, -0.1) is 0 Å². The van der Waals surface area contributed by atoms with Gasteiger partial charge in [0, 0.05) is 44.6 Å². The smallest absolute Gasteiger partial charge is 0.151 e. The molecule has 0 aliphatic carbocycles. The first-order chi connectivity index (χ1) is 9.72. The molecule has 1 saturated heterocycles. The molecule has 0 atom stereocenters. The Kier molecular flexibility index (Phi) is 4.24. The highest BCUT2D eigenvalue weighted by molar-refractivity contribution is 9.10. The maximum absolute atomic E-state index is 6.18. The SMILES string of the molecule is Clc1cnccc1N1CCN(Cc2cc(Br)no2)CC1. The largest absolute Gasteiger partial charge is 0.368 e. The van der Waals surface area contributed by atoms with Crippen LogP contribution in [-0.4, -0.2) is 41.2 Å². The van der Waals surface area contributed by atoms with Crippen LogP contribution in [0.2, 0.25) is 5.02 Å². The van der Waals surface area contributed by atoms with Gasteiger partial charge in [0.15, 0.2) is 5.76 Å². The minimum Gasteiger partial charge on any atom is -0.368 e. The molecule has 106 valence electrons. The molecule has 20 heavy (non-hydrogen) atoms. The van der Waals surface area contributed by atoms with Crippen LogP contribution in [0.3, 0.4) is 0 Å². The summed E-state index contributed by atoms with van der Waals surface area (Å²) in [6, 6.07) is 3.87. The fourth-order valence-corrected chi connectivity index (χ4v) is 2.92. The van der Waals surface area contributed by atoms with Crippen LogP contribution < -0.4 is 4.90 Å². The lowest BCUT2D eigenvalue weighted by Crippen LogP contribution is -2.46. The Morgan fingerprint density at radius 2 is 2.10 bits per heavy atom. The van der Waals surface area contributed by atoms with Crippen LogP contribution in [0.5, 0.6) is 0 Å². The van der Waals surface area contributed by atoms with Gasteiger partial charge in [0.05, 0.1) is 17.3 Å². The molecule has 5 nitrogen and oxygen atoms in total. The minimum absolute atomic E-state index is 0.708. The van der Waals surface area contributed by atoms with Gasteiger partial charge in [0.2, 0.25) is 0 Å². The fourth-order valence-electron chi connectivity index (χ4n) is 2.35. The number of rotatable bonds is 3. The lowest BCUT2D eigenvalue weighted by atomic mass is 10.2. The van der Waals surface area contributed by atoms with Gasteiger partial charge < -0.3 is 9.42 Å². The fraction of sp³-hybridized carbons (Fsp3) is 0.385. The molecule has 0 N–H and O–H groups in total. The van der Waals surface area contributed by atoms with Crippen molar-refractivity contribution < 1.29 is 4.52 Å². The van der Waals surface area contributed by atoms with E-state index in [1.54, 1.807) is 12.4 Å². The van der Waals surface area contributed by atoms with Crippen LogP contribution >= 0.6 is 27.5 Å². The van der Waals surface area contributed by atoms with E-state index in [9.17, 15) is 0 Å². The Balaban J connectivity index is 1.58. The highest BCUT2D eigenvalue weighted by atomic mass is 79.9. The van der Waals surface area contributed by atoms with Gasteiger partial charge in [-0.3, -0.25) is 9.88 Å². The van der Waals surface area contributed by atoms with Crippen molar-refractivity contribution in [3.05, 3.63) is 39.9 Å². The number of halogens is 2. The molecule has 3 rings (SSSR count). The Hall–Kier alpha value is -1.11. The van der Waals surface area contributed by atoms with E-state index in [1.165, 1.54) is 0 Å². The van der Waals surface area contributed by atoms with Crippen LogP contribution in [0.25, 0.3) is 0 Å². The van der Waals surface area contributed by atoms with Crippen LogP contribution in [0.4, 0.5) is 5.69 Å². The number of anilines is 1. The summed E-state index contributed by atoms with van der Waals surface area (Å²) in [6.07, 6.45) is 3.47. The van der Waals surface area contributed by atoms with E-state index in [0.29, 0.717) is 5.02 Å². The first-order valence-electron chi connectivity index (χ1n) is 6.40. The third kappa shape index (κ3) is 3.13. The summed E-state index contributed by atoms with van der Waals surface area (Å²) in [6.45, 7) is 4.61. The van der Waals surface area contributed by atoms with Crippen molar-refractivity contribution in [1.82, 2.24) is 15.0 Å². The van der Waals surface area contributed by atoms with Crippen molar-refractivity contribution in [1.29, 1.82) is 0 Å². The standard InChI is InChI=1S/C13H14BrClN4O/c14-13-7-10(20-17-13)9-18-3-5-19(6-4-18)12-1-2-16-8-11(12)15/h1-2,7-8H,3-6,9H2. The zero-order valence-electron chi connectivity index (χ0n) is 10.8. The number of hydrogen-bond acceptors (Lipinski definition) is 5. The van der Waals surface area contributed by atoms with Crippen molar-refractivity contribution in [2.45, 2.75) is 6.54 Å². The van der Waals surface area contributed by atoms with Crippen LogP contribution in [0.15, 0.2) is 33.7 Å². The van der Waals surface area contributed by atoms with E-state index in [4.69, 9.17) is 16.1 Å². The maximum atomic E-state index is 6.18. The van der Waals surface area contributed by atoms with Gasteiger partial charge in [-0.2, -0.15) is 0 Å². The molecule has 0 spiro atoms. The predicted molar refractivity (Wildman–Crippen MR) is 80.9 cm³/mol.